The van der Waals surface area contributed by atoms with Crippen molar-refractivity contribution in [3.05, 3.63) is 18.2 Å². The van der Waals surface area contributed by atoms with Crippen molar-refractivity contribution >= 4 is 29.7 Å². The minimum absolute atomic E-state index is 0.00686. The minimum atomic E-state index is -1.26. The van der Waals surface area contributed by atoms with Gasteiger partial charge in [0.25, 0.3) is 0 Å². The van der Waals surface area contributed by atoms with Crippen LogP contribution in [0, 0.1) is 5.92 Å². The molecule has 0 saturated carbocycles. The molecule has 12 N–H and O–H groups in total. The van der Waals surface area contributed by atoms with Gasteiger partial charge in [0, 0.05) is 24.9 Å². The number of H-pyrrole nitrogens is 1. The molecule has 4 unspecified atom stereocenters. The molecule has 0 aliphatic carbocycles. The molecule has 4 atom stereocenters. The maximum absolute atomic E-state index is 13.1. The lowest BCUT2D eigenvalue weighted by atomic mass is 10.0. The van der Waals surface area contributed by atoms with Gasteiger partial charge in [0.15, 0.2) is 5.96 Å². The van der Waals surface area contributed by atoms with Crippen LogP contribution in [0.25, 0.3) is 0 Å². The summed E-state index contributed by atoms with van der Waals surface area (Å²) in [4.78, 5) is 60.5. The number of carbonyl (C=O) groups is 4. The van der Waals surface area contributed by atoms with E-state index in [0.717, 1.165) is 0 Å². The first-order valence-corrected chi connectivity index (χ1v) is 11.5. The van der Waals surface area contributed by atoms with Crippen LogP contribution >= 0.6 is 0 Å². The van der Waals surface area contributed by atoms with Crippen molar-refractivity contribution in [2.45, 2.75) is 63.7 Å². The summed E-state index contributed by atoms with van der Waals surface area (Å²) in [6.07, 6.45) is 3.43. The van der Waals surface area contributed by atoms with Crippen LogP contribution in [0.3, 0.4) is 0 Å². The van der Waals surface area contributed by atoms with Gasteiger partial charge in [0.2, 0.25) is 17.7 Å². The van der Waals surface area contributed by atoms with Gasteiger partial charge >= 0.3 is 5.97 Å². The van der Waals surface area contributed by atoms with Gasteiger partial charge < -0.3 is 48.3 Å². The van der Waals surface area contributed by atoms with Gasteiger partial charge in [-0.05, 0) is 25.2 Å². The zero-order valence-electron chi connectivity index (χ0n) is 20.4. The number of aromatic amines is 1. The van der Waals surface area contributed by atoms with E-state index in [1.54, 1.807) is 0 Å². The van der Waals surface area contributed by atoms with Crippen molar-refractivity contribution in [2.24, 2.45) is 28.1 Å². The van der Waals surface area contributed by atoms with Crippen molar-refractivity contribution in [3.8, 4) is 0 Å². The van der Waals surface area contributed by atoms with Crippen LogP contribution in [0.5, 0.6) is 0 Å². The van der Waals surface area contributed by atoms with Crippen molar-refractivity contribution in [1.29, 1.82) is 0 Å². The minimum Gasteiger partial charge on any atom is -0.480 e. The van der Waals surface area contributed by atoms with E-state index in [1.165, 1.54) is 12.5 Å². The van der Waals surface area contributed by atoms with Crippen LogP contribution in [-0.4, -0.2) is 87.2 Å². The predicted octanol–water partition coefficient (Wildman–Crippen LogP) is -3.09. The summed E-state index contributed by atoms with van der Waals surface area (Å²) in [7, 11) is 0. The zero-order chi connectivity index (χ0) is 27.3. The highest BCUT2D eigenvalue weighted by Gasteiger charge is 2.30. The third kappa shape index (κ3) is 11.1. The number of hydrogen-bond donors (Lipinski definition) is 9. The summed E-state index contributed by atoms with van der Waals surface area (Å²) in [5, 5.41) is 26.1. The van der Waals surface area contributed by atoms with Gasteiger partial charge in [-0.2, -0.15) is 0 Å². The molecule has 0 fully saturated rings. The van der Waals surface area contributed by atoms with Gasteiger partial charge in [0.05, 0.1) is 12.9 Å². The average molecular weight is 512 g/mol. The molecule has 0 spiro atoms. The summed E-state index contributed by atoms with van der Waals surface area (Å²) < 4.78 is 0. The van der Waals surface area contributed by atoms with E-state index in [1.807, 2.05) is 13.8 Å². The van der Waals surface area contributed by atoms with E-state index >= 15 is 0 Å². The van der Waals surface area contributed by atoms with Crippen molar-refractivity contribution in [1.82, 2.24) is 25.9 Å². The number of aromatic nitrogens is 2. The zero-order valence-corrected chi connectivity index (χ0v) is 20.4. The number of carboxylic acids is 1. The van der Waals surface area contributed by atoms with Crippen LogP contribution in [0.4, 0.5) is 0 Å². The molecule has 1 rings (SSSR count). The first-order chi connectivity index (χ1) is 16.9. The molecule has 1 aromatic heterocycles. The van der Waals surface area contributed by atoms with Crippen molar-refractivity contribution in [2.75, 3.05) is 13.2 Å². The largest absolute Gasteiger partial charge is 0.480 e. The van der Waals surface area contributed by atoms with Crippen LogP contribution in [0.15, 0.2) is 17.5 Å². The number of aliphatic carboxylic acids is 1. The number of nitrogens with two attached hydrogens (primary N) is 3. The Kier molecular flexibility index (Phi) is 12.9. The Balaban J connectivity index is 3.07. The monoisotopic (exact) mass is 511 g/mol. The molecule has 15 nitrogen and oxygen atoms in total. The third-order valence-corrected chi connectivity index (χ3v) is 5.05. The Labute approximate surface area is 208 Å². The SMILES string of the molecule is CC(C)CC(NC(=O)C(Cc1cnc[nH]1)NC(=O)C(CCCN=C(N)N)NC(=O)C(N)CO)C(=O)O. The van der Waals surface area contributed by atoms with E-state index < -0.39 is 54.5 Å². The third-order valence-electron chi connectivity index (χ3n) is 5.05. The number of hydrogen-bond acceptors (Lipinski definition) is 8. The number of amides is 3. The summed E-state index contributed by atoms with van der Waals surface area (Å²) in [6, 6.07) is -4.73. The van der Waals surface area contributed by atoms with Gasteiger partial charge in [-0.1, -0.05) is 13.8 Å². The number of nitrogens with zero attached hydrogens (tertiary/aromatic N) is 2. The fraction of sp³-hybridized carbons (Fsp3) is 0.619. The molecule has 15 heteroatoms. The summed E-state index contributed by atoms with van der Waals surface area (Å²) in [6.45, 7) is 3.18. The molecular formula is C21H37N9O6. The smallest absolute Gasteiger partial charge is 0.326 e. The topological polar surface area (TPSA) is 264 Å². The standard InChI is InChI=1S/C21H37N9O6/c1-11(2)6-16(20(35)36)30-19(34)15(7-12-8-25-10-27-12)29-18(33)14(4-3-5-26-21(23)24)28-17(32)13(22)9-31/h8,10-11,13-16,31H,3-7,9,22H2,1-2H3,(H,25,27)(H,28,32)(H,29,33)(H,30,34)(H,35,36)(H4,23,24,26). The fourth-order valence-corrected chi connectivity index (χ4v) is 3.20. The molecule has 0 radical (unpaired) electrons. The van der Waals surface area contributed by atoms with E-state index in [0.29, 0.717) is 12.1 Å². The summed E-state index contributed by atoms with van der Waals surface area (Å²) in [5.74, 6) is -3.54. The van der Waals surface area contributed by atoms with Crippen LogP contribution < -0.4 is 33.2 Å². The Morgan fingerprint density at radius 1 is 1.06 bits per heavy atom. The number of aliphatic imine (C=N–C) groups is 1. The first kappa shape index (κ1) is 30.3. The second-order valence-electron chi connectivity index (χ2n) is 8.67. The number of rotatable bonds is 16. The molecule has 3 amide bonds. The van der Waals surface area contributed by atoms with Gasteiger partial charge in [0.1, 0.15) is 24.2 Å². The first-order valence-electron chi connectivity index (χ1n) is 11.5. The molecule has 0 aromatic carbocycles. The average Bonchev–Trinajstić information content (AvgIpc) is 3.31. The van der Waals surface area contributed by atoms with Crippen LogP contribution in [-0.2, 0) is 25.6 Å². The Morgan fingerprint density at radius 3 is 2.19 bits per heavy atom. The Bertz CT molecular complexity index is 886. The lowest BCUT2D eigenvalue weighted by Crippen LogP contribution is -2.58. The maximum atomic E-state index is 13.1. The molecule has 0 aliphatic rings. The molecule has 1 heterocycles. The lowest BCUT2D eigenvalue weighted by Gasteiger charge is -2.25. The molecule has 1 aromatic rings. The second-order valence-corrected chi connectivity index (χ2v) is 8.67. The fourth-order valence-electron chi connectivity index (χ4n) is 3.20. The van der Waals surface area contributed by atoms with Crippen molar-refractivity contribution in [3.63, 3.8) is 0 Å². The Hall–Kier alpha value is -3.72. The van der Waals surface area contributed by atoms with E-state index in [4.69, 9.17) is 22.3 Å². The van der Waals surface area contributed by atoms with Gasteiger partial charge in [-0.3, -0.25) is 19.4 Å². The lowest BCUT2D eigenvalue weighted by molar-refractivity contribution is -0.142. The van der Waals surface area contributed by atoms with Gasteiger partial charge in [-0.15, -0.1) is 0 Å². The second kappa shape index (κ2) is 15.3. The van der Waals surface area contributed by atoms with Crippen LogP contribution in [0.1, 0.15) is 38.8 Å². The molecule has 202 valence electrons. The number of nitrogens with one attached hydrogen (secondary N) is 4. The number of carbonyl (C=O) groups excluding carboxylic acids is 3. The Morgan fingerprint density at radius 2 is 1.67 bits per heavy atom. The summed E-state index contributed by atoms with van der Waals surface area (Å²) in [5.41, 5.74) is 16.7. The highest BCUT2D eigenvalue weighted by Crippen LogP contribution is 2.08. The molecule has 36 heavy (non-hydrogen) atoms. The molecule has 0 aliphatic heterocycles. The number of imidazole rings is 1. The molecule has 0 bridgehead atoms. The van der Waals surface area contributed by atoms with Gasteiger partial charge in [-0.25, -0.2) is 9.78 Å². The van der Waals surface area contributed by atoms with E-state index in [9.17, 15) is 24.3 Å². The predicted molar refractivity (Wildman–Crippen MR) is 130 cm³/mol. The highest BCUT2D eigenvalue weighted by molar-refractivity contribution is 5.94. The van der Waals surface area contributed by atoms with Crippen molar-refractivity contribution < 1.29 is 29.4 Å². The quantitative estimate of drug-likeness (QED) is 0.0613. The van der Waals surface area contributed by atoms with E-state index in [-0.39, 0.29) is 37.7 Å². The number of aliphatic hydroxyl groups is 1. The number of aliphatic hydroxyl groups excluding tert-OH is 1. The van der Waals surface area contributed by atoms with Crippen LogP contribution in [0.2, 0.25) is 0 Å². The number of carboxylic acid groups (broad SMARTS) is 1. The summed E-state index contributed by atoms with van der Waals surface area (Å²) >= 11 is 0. The number of guanidine groups is 1. The normalized spacial score (nSPS) is 14.2. The highest BCUT2D eigenvalue weighted by atomic mass is 16.4. The maximum Gasteiger partial charge on any atom is 0.326 e. The molecular weight excluding hydrogens is 474 g/mol. The van der Waals surface area contributed by atoms with E-state index in [2.05, 4.69) is 30.9 Å². The molecule has 0 saturated heterocycles.